The summed E-state index contributed by atoms with van der Waals surface area (Å²) in [6.07, 6.45) is 0.301. The van der Waals surface area contributed by atoms with Crippen LogP contribution in [0.4, 0.5) is 8.78 Å². The molecule has 1 N–H and O–H groups in total. The van der Waals surface area contributed by atoms with E-state index >= 15 is 0 Å². The molecule has 28 heavy (non-hydrogen) atoms. The molecule has 0 saturated carbocycles. The molecule has 1 unspecified atom stereocenters. The quantitative estimate of drug-likeness (QED) is 0.316. The first-order valence-electron chi connectivity index (χ1n) is 8.85. The summed E-state index contributed by atoms with van der Waals surface area (Å²) in [5.41, 5.74) is 1.26. The molecule has 0 radical (unpaired) electrons. The number of ether oxygens (including phenoxy) is 1. The van der Waals surface area contributed by atoms with Gasteiger partial charge < -0.3 is 15.0 Å². The number of rotatable bonds is 8. The molecule has 5 nitrogen and oxygen atoms in total. The summed E-state index contributed by atoms with van der Waals surface area (Å²) in [5.74, 6) is -0.929. The largest absolute Gasteiger partial charge is 0.375 e. The lowest BCUT2D eigenvalue weighted by Crippen LogP contribution is -2.38. The minimum atomic E-state index is -0.829. The van der Waals surface area contributed by atoms with E-state index in [1.807, 2.05) is 31.2 Å². The van der Waals surface area contributed by atoms with Gasteiger partial charge in [-0.25, -0.2) is 13.8 Å². The van der Waals surface area contributed by atoms with Gasteiger partial charge in [-0.15, -0.1) is 35.3 Å². The Morgan fingerprint density at radius 1 is 1.39 bits per heavy atom. The van der Waals surface area contributed by atoms with Crippen LogP contribution in [0.2, 0.25) is 0 Å². The van der Waals surface area contributed by atoms with E-state index in [-0.39, 0.29) is 30.1 Å². The Morgan fingerprint density at radius 2 is 2.14 bits per heavy atom. The number of hydrogen-bond donors (Lipinski definition) is 1. The van der Waals surface area contributed by atoms with Gasteiger partial charge in [-0.3, -0.25) is 4.99 Å². The normalized spacial score (nSPS) is 12.4. The number of guanidine groups is 1. The van der Waals surface area contributed by atoms with Gasteiger partial charge in [0.15, 0.2) is 17.6 Å². The average Bonchev–Trinajstić information content (AvgIpc) is 3.12. The summed E-state index contributed by atoms with van der Waals surface area (Å²) in [6.45, 7) is 5.60. The zero-order valence-electron chi connectivity index (χ0n) is 16.5. The van der Waals surface area contributed by atoms with E-state index in [9.17, 15) is 8.78 Å². The molecule has 1 aromatic carbocycles. The van der Waals surface area contributed by atoms with Gasteiger partial charge in [0, 0.05) is 32.6 Å². The van der Waals surface area contributed by atoms with Gasteiger partial charge in [-0.2, -0.15) is 0 Å². The highest BCUT2D eigenvalue weighted by atomic mass is 127. The number of methoxy groups -OCH3 is 1. The molecule has 156 valence electrons. The molecule has 2 aromatic rings. The van der Waals surface area contributed by atoms with Gasteiger partial charge in [0.05, 0.1) is 12.2 Å². The van der Waals surface area contributed by atoms with Crippen LogP contribution in [0.1, 0.15) is 36.2 Å². The molecule has 0 aliphatic heterocycles. The van der Waals surface area contributed by atoms with E-state index < -0.39 is 11.6 Å². The highest BCUT2D eigenvalue weighted by Crippen LogP contribution is 2.21. The van der Waals surface area contributed by atoms with Crippen LogP contribution < -0.4 is 5.32 Å². The van der Waals surface area contributed by atoms with Gasteiger partial charge >= 0.3 is 0 Å². The molecule has 1 atom stereocenters. The Balaban J connectivity index is 0.00000392. The number of nitrogens with zero attached hydrogens (tertiary/aromatic N) is 3. The lowest BCUT2D eigenvalue weighted by Gasteiger charge is -2.21. The number of benzene rings is 1. The van der Waals surface area contributed by atoms with Crippen molar-refractivity contribution in [1.82, 2.24) is 15.2 Å². The maximum atomic E-state index is 13.8. The zero-order chi connectivity index (χ0) is 19.8. The summed E-state index contributed by atoms with van der Waals surface area (Å²) >= 11 is 1.57. The molecular formula is C19H27F2IN4OS. The molecule has 0 aliphatic rings. The van der Waals surface area contributed by atoms with Crippen molar-refractivity contribution < 1.29 is 13.5 Å². The molecule has 0 fully saturated rings. The zero-order valence-corrected chi connectivity index (χ0v) is 19.7. The first-order valence-corrected chi connectivity index (χ1v) is 9.73. The third kappa shape index (κ3) is 6.93. The molecule has 0 amide bonds. The van der Waals surface area contributed by atoms with Gasteiger partial charge in [-0.1, -0.05) is 12.1 Å². The van der Waals surface area contributed by atoms with E-state index in [1.165, 1.54) is 6.07 Å². The molecule has 1 aromatic heterocycles. The number of aliphatic imine (C=N–C) groups is 1. The lowest BCUT2D eigenvalue weighted by atomic mass is 10.1. The summed E-state index contributed by atoms with van der Waals surface area (Å²) in [6, 6.07) is 4.21. The monoisotopic (exact) mass is 524 g/mol. The van der Waals surface area contributed by atoms with Crippen molar-refractivity contribution in [2.75, 3.05) is 27.2 Å². The van der Waals surface area contributed by atoms with Crippen LogP contribution >= 0.6 is 35.3 Å². The first-order chi connectivity index (χ1) is 13.0. The highest BCUT2D eigenvalue weighted by Gasteiger charge is 2.13. The van der Waals surface area contributed by atoms with Crippen LogP contribution in [0, 0.1) is 11.6 Å². The third-order valence-electron chi connectivity index (χ3n) is 4.04. The van der Waals surface area contributed by atoms with Crippen LogP contribution in [0.25, 0.3) is 0 Å². The molecule has 1 heterocycles. The second-order valence-electron chi connectivity index (χ2n) is 6.11. The second kappa shape index (κ2) is 12.3. The molecule has 0 bridgehead atoms. The smallest absolute Gasteiger partial charge is 0.194 e. The Hall–Kier alpha value is -1.33. The van der Waals surface area contributed by atoms with Crippen molar-refractivity contribution in [1.29, 1.82) is 0 Å². The SMILES string of the molecule is CCNC(=NCCc1cccc(F)c1F)N(C)Cc1csc(C(C)OC)n1.I. The Labute approximate surface area is 186 Å². The topological polar surface area (TPSA) is 49.8 Å². The standard InChI is InChI=1S/C19H26F2N4OS.HI/c1-5-22-19(23-10-9-14-7-6-8-16(20)17(14)21)25(3)11-15-12-27-18(24-15)13(2)26-4;/h6-8,12-13H,5,9-11H2,1-4H3,(H,22,23);1H. The van der Waals surface area contributed by atoms with Gasteiger partial charge in [0.1, 0.15) is 11.1 Å². The van der Waals surface area contributed by atoms with Crippen molar-refractivity contribution in [3.05, 3.63) is 51.5 Å². The fraction of sp³-hybridized carbons (Fsp3) is 0.474. The predicted octanol–water partition coefficient (Wildman–Crippen LogP) is 4.39. The summed E-state index contributed by atoms with van der Waals surface area (Å²) in [7, 11) is 3.58. The molecule has 2 rings (SSSR count). The predicted molar refractivity (Wildman–Crippen MR) is 120 cm³/mol. The average molecular weight is 524 g/mol. The number of nitrogens with one attached hydrogen (secondary N) is 1. The minimum absolute atomic E-state index is 0. The van der Waals surface area contributed by atoms with E-state index in [1.54, 1.807) is 24.5 Å². The molecular weight excluding hydrogens is 497 g/mol. The fourth-order valence-corrected chi connectivity index (χ4v) is 3.34. The van der Waals surface area contributed by atoms with Crippen LogP contribution in [0.15, 0.2) is 28.6 Å². The molecule has 0 saturated heterocycles. The van der Waals surface area contributed by atoms with E-state index in [0.29, 0.717) is 37.6 Å². The number of thiazole rings is 1. The number of aromatic nitrogens is 1. The van der Waals surface area contributed by atoms with E-state index in [2.05, 4.69) is 15.3 Å². The van der Waals surface area contributed by atoms with Crippen LogP contribution in [-0.4, -0.2) is 43.1 Å². The molecule has 9 heteroatoms. The first kappa shape index (κ1) is 24.7. The highest BCUT2D eigenvalue weighted by molar-refractivity contribution is 14.0. The maximum Gasteiger partial charge on any atom is 0.194 e. The third-order valence-corrected chi connectivity index (χ3v) is 5.10. The van der Waals surface area contributed by atoms with Crippen molar-refractivity contribution in [2.24, 2.45) is 4.99 Å². The maximum absolute atomic E-state index is 13.8. The fourth-order valence-electron chi connectivity index (χ4n) is 2.49. The van der Waals surface area contributed by atoms with Gasteiger partial charge in [-0.05, 0) is 31.9 Å². The Kier molecular flexibility index (Phi) is 10.8. The Bertz CT molecular complexity index is 772. The van der Waals surface area contributed by atoms with Crippen LogP contribution in [0.3, 0.4) is 0 Å². The van der Waals surface area contributed by atoms with Gasteiger partial charge in [0.2, 0.25) is 0 Å². The van der Waals surface area contributed by atoms with Crippen molar-refractivity contribution >= 4 is 41.3 Å². The minimum Gasteiger partial charge on any atom is -0.375 e. The lowest BCUT2D eigenvalue weighted by molar-refractivity contribution is 0.119. The molecule has 0 aliphatic carbocycles. The van der Waals surface area contributed by atoms with Crippen LogP contribution in [0.5, 0.6) is 0 Å². The summed E-state index contributed by atoms with van der Waals surface area (Å²) in [5, 5.41) is 6.16. The second-order valence-corrected chi connectivity index (χ2v) is 7.00. The van der Waals surface area contributed by atoms with Crippen molar-refractivity contribution in [2.45, 2.75) is 32.9 Å². The van der Waals surface area contributed by atoms with E-state index in [0.717, 1.165) is 16.8 Å². The van der Waals surface area contributed by atoms with Crippen molar-refractivity contribution in [3.8, 4) is 0 Å². The van der Waals surface area contributed by atoms with Gasteiger partial charge in [0.25, 0.3) is 0 Å². The number of hydrogen-bond acceptors (Lipinski definition) is 4. The summed E-state index contributed by atoms with van der Waals surface area (Å²) in [4.78, 5) is 11.1. The van der Waals surface area contributed by atoms with Crippen LogP contribution in [-0.2, 0) is 17.7 Å². The van der Waals surface area contributed by atoms with E-state index in [4.69, 9.17) is 4.74 Å². The summed E-state index contributed by atoms with van der Waals surface area (Å²) < 4.78 is 32.3. The number of halogens is 3. The molecule has 0 spiro atoms. The van der Waals surface area contributed by atoms with Crippen molar-refractivity contribution in [3.63, 3.8) is 0 Å². The Morgan fingerprint density at radius 3 is 2.82 bits per heavy atom.